The van der Waals surface area contributed by atoms with Crippen LogP contribution >= 0.6 is 21.5 Å². The SMILES string of the molecule is CC1NC(=O)NC1=O.CCc1n[nH][nH]c1=S.Cc1n[nH]nc1P. The van der Waals surface area contributed by atoms with E-state index >= 15 is 0 Å². The minimum atomic E-state index is -0.400. The molecule has 10 nitrogen and oxygen atoms in total. The largest absolute Gasteiger partial charge is 0.326 e. The molecule has 0 radical (unpaired) electrons. The van der Waals surface area contributed by atoms with Crippen molar-refractivity contribution in [3.63, 3.8) is 0 Å². The van der Waals surface area contributed by atoms with Crippen LogP contribution in [-0.2, 0) is 11.2 Å². The smallest absolute Gasteiger partial charge is 0.322 e. The van der Waals surface area contributed by atoms with Gasteiger partial charge >= 0.3 is 6.03 Å². The van der Waals surface area contributed by atoms with Gasteiger partial charge < -0.3 is 5.32 Å². The predicted molar refractivity (Wildman–Crippen MR) is 89.8 cm³/mol. The van der Waals surface area contributed by atoms with Gasteiger partial charge in [0.25, 0.3) is 0 Å². The maximum absolute atomic E-state index is 10.4. The average molecular weight is 358 g/mol. The molecule has 3 heterocycles. The number of imide groups is 1. The number of nitrogens with one attached hydrogen (secondary N) is 5. The molecule has 1 aliphatic heterocycles. The number of rotatable bonds is 1. The molecule has 0 bridgehead atoms. The molecule has 0 spiro atoms. The Hall–Kier alpha value is -2.13. The first-order valence-corrected chi connectivity index (χ1v) is 7.69. The highest BCUT2D eigenvalue weighted by molar-refractivity contribution is 7.71. The monoisotopic (exact) mass is 358 g/mol. The van der Waals surface area contributed by atoms with E-state index in [0.717, 1.165) is 23.2 Å². The van der Waals surface area contributed by atoms with Gasteiger partial charge in [0.1, 0.15) is 16.1 Å². The van der Waals surface area contributed by atoms with Crippen LogP contribution in [-0.4, -0.2) is 48.8 Å². The van der Waals surface area contributed by atoms with Crippen LogP contribution in [0.4, 0.5) is 4.79 Å². The standard InChI is InChI=1S/C4H7N3S.C4H6N2O2.C3H6N3P/c1-2-3-4(8)6-7-5-3;1-2-3(7)6-4(8)5-2;1-2-3(7)5-6-4-2/h2H2,1H3,(H2,5,6,7,8);2H,1H3,(H2,5,6,7,8);7H2,1H3,(H,4,5,6). The van der Waals surface area contributed by atoms with E-state index in [9.17, 15) is 9.59 Å². The van der Waals surface area contributed by atoms with Crippen LogP contribution in [0.15, 0.2) is 0 Å². The summed E-state index contributed by atoms with van der Waals surface area (Å²) in [5, 5.41) is 23.5. The highest BCUT2D eigenvalue weighted by Gasteiger charge is 2.24. The number of H-pyrrole nitrogens is 3. The lowest BCUT2D eigenvalue weighted by Gasteiger charge is -1.91. The Morgan fingerprint density at radius 1 is 1.26 bits per heavy atom. The van der Waals surface area contributed by atoms with Gasteiger partial charge in [0.2, 0.25) is 5.91 Å². The first-order valence-electron chi connectivity index (χ1n) is 6.71. The molecule has 2 aromatic heterocycles. The average Bonchev–Trinajstić information content (AvgIpc) is 3.16. The second kappa shape index (κ2) is 9.11. The van der Waals surface area contributed by atoms with Crippen LogP contribution in [0.5, 0.6) is 0 Å². The van der Waals surface area contributed by atoms with Crippen LogP contribution in [0.2, 0.25) is 0 Å². The van der Waals surface area contributed by atoms with E-state index in [1.54, 1.807) is 6.92 Å². The normalized spacial score (nSPS) is 15.7. The number of carbonyl (C=O) groups is 2. The predicted octanol–water partition coefficient (Wildman–Crippen LogP) is -0.142. The van der Waals surface area contributed by atoms with Crippen molar-refractivity contribution < 1.29 is 9.59 Å². The third-order valence-electron chi connectivity index (χ3n) is 2.69. The topological polar surface area (TPSA) is 144 Å². The molecule has 1 saturated heterocycles. The molecule has 0 saturated carbocycles. The molecule has 0 aliphatic carbocycles. The minimum absolute atomic E-state index is 0.255. The first kappa shape index (κ1) is 18.9. The van der Waals surface area contributed by atoms with Crippen LogP contribution in [0, 0.1) is 11.6 Å². The zero-order valence-corrected chi connectivity index (χ0v) is 14.9. The summed E-state index contributed by atoms with van der Waals surface area (Å²) < 4.78 is 0.715. The van der Waals surface area contributed by atoms with Crippen LogP contribution in [0.25, 0.3) is 0 Å². The fourth-order valence-electron chi connectivity index (χ4n) is 1.32. The Morgan fingerprint density at radius 2 is 1.96 bits per heavy atom. The second-order valence-corrected chi connectivity index (χ2v) is 5.41. The molecule has 2 unspecified atom stereocenters. The summed E-state index contributed by atoms with van der Waals surface area (Å²) in [5.74, 6) is -0.255. The number of amides is 3. The Kier molecular flexibility index (Phi) is 7.49. The van der Waals surface area contributed by atoms with E-state index < -0.39 is 6.03 Å². The third-order valence-corrected chi connectivity index (χ3v) is 3.58. The van der Waals surface area contributed by atoms with Crippen molar-refractivity contribution in [2.24, 2.45) is 0 Å². The minimum Gasteiger partial charge on any atom is -0.326 e. The van der Waals surface area contributed by atoms with Gasteiger partial charge in [-0.05, 0) is 20.3 Å². The number of aryl methyl sites for hydroxylation is 2. The maximum atomic E-state index is 10.4. The number of hydrogen-bond donors (Lipinski definition) is 5. The van der Waals surface area contributed by atoms with Gasteiger partial charge in [0, 0.05) is 0 Å². The zero-order chi connectivity index (χ0) is 17.4. The molecule has 0 aromatic carbocycles. The summed E-state index contributed by atoms with van der Waals surface area (Å²) >= 11 is 4.84. The third kappa shape index (κ3) is 6.25. The lowest BCUT2D eigenvalue weighted by Crippen LogP contribution is -2.24. The van der Waals surface area contributed by atoms with Gasteiger partial charge in [0.05, 0.1) is 11.4 Å². The summed E-state index contributed by atoms with van der Waals surface area (Å²) in [7, 11) is 2.47. The van der Waals surface area contributed by atoms with Gasteiger partial charge in [0.15, 0.2) is 0 Å². The van der Waals surface area contributed by atoms with Crippen molar-refractivity contribution in [2.75, 3.05) is 0 Å². The van der Waals surface area contributed by atoms with E-state index in [2.05, 4.69) is 50.7 Å². The molecule has 23 heavy (non-hydrogen) atoms. The number of aromatic nitrogens is 6. The van der Waals surface area contributed by atoms with E-state index in [1.165, 1.54) is 0 Å². The molecule has 126 valence electrons. The summed E-state index contributed by atoms with van der Waals surface area (Å²) in [6, 6.07) is -0.759. The van der Waals surface area contributed by atoms with E-state index in [-0.39, 0.29) is 11.9 Å². The summed E-state index contributed by atoms with van der Waals surface area (Å²) in [4.78, 5) is 20.6. The van der Waals surface area contributed by atoms with Crippen molar-refractivity contribution >= 4 is 38.8 Å². The number of carbonyl (C=O) groups excluding carboxylic acids is 2. The second-order valence-electron chi connectivity index (χ2n) is 4.46. The Morgan fingerprint density at radius 3 is 2.13 bits per heavy atom. The number of urea groups is 1. The fourth-order valence-corrected chi connectivity index (χ4v) is 1.68. The molecule has 5 N–H and O–H groups in total. The number of nitrogens with zero attached hydrogens (tertiary/aromatic N) is 3. The molecule has 2 atom stereocenters. The highest BCUT2D eigenvalue weighted by atomic mass is 32.1. The fraction of sp³-hybridized carbons (Fsp3) is 0.455. The molecule has 3 amide bonds. The van der Waals surface area contributed by atoms with Crippen molar-refractivity contribution in [3.8, 4) is 0 Å². The van der Waals surface area contributed by atoms with Crippen LogP contribution in [0.3, 0.4) is 0 Å². The lowest BCUT2D eigenvalue weighted by molar-refractivity contribution is -0.119. The van der Waals surface area contributed by atoms with E-state index in [1.807, 2.05) is 13.8 Å². The van der Waals surface area contributed by atoms with Crippen molar-refractivity contribution in [3.05, 3.63) is 16.0 Å². The molecule has 1 fully saturated rings. The quantitative estimate of drug-likeness (QED) is 0.273. The Labute approximate surface area is 139 Å². The highest BCUT2D eigenvalue weighted by Crippen LogP contribution is 1.92. The summed E-state index contributed by atoms with van der Waals surface area (Å²) in [5.41, 5.74) is 2.75. The van der Waals surface area contributed by atoms with Crippen molar-refractivity contribution in [2.45, 2.75) is 33.2 Å². The first-order chi connectivity index (χ1) is 10.8. The van der Waals surface area contributed by atoms with Crippen molar-refractivity contribution in [1.82, 2.24) is 41.5 Å². The van der Waals surface area contributed by atoms with Crippen LogP contribution in [0.1, 0.15) is 25.2 Å². The maximum Gasteiger partial charge on any atom is 0.322 e. The van der Waals surface area contributed by atoms with Gasteiger partial charge in [-0.3, -0.25) is 15.2 Å². The van der Waals surface area contributed by atoms with E-state index in [0.29, 0.717) is 4.64 Å². The molecular formula is C11H19N8O2PS. The molecule has 3 rings (SSSR count). The molecule has 12 heteroatoms. The molecule has 2 aromatic rings. The molecular weight excluding hydrogens is 339 g/mol. The number of aromatic amines is 3. The summed E-state index contributed by atoms with van der Waals surface area (Å²) in [6.07, 6.45) is 0.888. The zero-order valence-electron chi connectivity index (χ0n) is 12.9. The van der Waals surface area contributed by atoms with Crippen molar-refractivity contribution in [1.29, 1.82) is 0 Å². The summed E-state index contributed by atoms with van der Waals surface area (Å²) in [6.45, 7) is 5.53. The Balaban J connectivity index is 0.000000173. The lowest BCUT2D eigenvalue weighted by atomic mass is 10.4. The van der Waals surface area contributed by atoms with Crippen LogP contribution < -0.4 is 16.1 Å². The van der Waals surface area contributed by atoms with Gasteiger partial charge in [-0.15, -0.1) is 0 Å². The Bertz CT molecular complexity index is 692. The van der Waals surface area contributed by atoms with Gasteiger partial charge in [-0.1, -0.05) is 28.4 Å². The van der Waals surface area contributed by atoms with E-state index in [4.69, 9.17) is 12.2 Å². The van der Waals surface area contributed by atoms with Gasteiger partial charge in [-0.25, -0.2) is 10.0 Å². The van der Waals surface area contributed by atoms with Gasteiger partial charge in [-0.2, -0.15) is 20.5 Å². The number of hydrogen-bond acceptors (Lipinski definition) is 6. The molecule has 1 aliphatic rings.